The van der Waals surface area contributed by atoms with Crippen LogP contribution in [0.1, 0.15) is 126 Å². The predicted molar refractivity (Wildman–Crippen MR) is 172 cm³/mol. The largest absolute Gasteiger partial charge is 0.300 e. The molecule has 0 aromatic heterocycles. The van der Waals surface area contributed by atoms with Crippen LogP contribution in [0.2, 0.25) is 0 Å². The molecule has 1 aromatic carbocycles. The third-order valence-electron chi connectivity index (χ3n) is 8.92. The Labute approximate surface area is 249 Å². The zero-order valence-electron chi connectivity index (χ0n) is 26.4. The summed E-state index contributed by atoms with van der Waals surface area (Å²) in [6.07, 6.45) is 22.4. The fraction of sp³-hybridized carbons (Fsp3) is 0.553. The second-order valence-corrected chi connectivity index (χ2v) is 12.8. The quantitative estimate of drug-likeness (QED) is 0.227. The number of rotatable bonds is 13. The Morgan fingerprint density at radius 1 is 0.976 bits per heavy atom. The van der Waals surface area contributed by atoms with Gasteiger partial charge in [0.2, 0.25) is 0 Å². The first kappa shape index (κ1) is 32.7. The average molecular weight is 557 g/mol. The summed E-state index contributed by atoms with van der Waals surface area (Å²) in [4.78, 5) is 38.4. The van der Waals surface area contributed by atoms with E-state index in [4.69, 9.17) is 0 Å². The Kier molecular flexibility index (Phi) is 12.8. The van der Waals surface area contributed by atoms with E-state index in [9.17, 15) is 14.4 Å². The maximum absolute atomic E-state index is 13.7. The van der Waals surface area contributed by atoms with Crippen molar-refractivity contribution in [2.45, 2.75) is 112 Å². The normalized spacial score (nSPS) is 23.0. The van der Waals surface area contributed by atoms with Gasteiger partial charge in [-0.1, -0.05) is 94.7 Å². The van der Waals surface area contributed by atoms with Gasteiger partial charge in [-0.2, -0.15) is 0 Å². The van der Waals surface area contributed by atoms with E-state index in [0.717, 1.165) is 62.5 Å². The summed E-state index contributed by atoms with van der Waals surface area (Å²) in [6.45, 7) is 12.3. The van der Waals surface area contributed by atoms with Crippen LogP contribution in [-0.4, -0.2) is 17.3 Å². The van der Waals surface area contributed by atoms with Gasteiger partial charge in [0.1, 0.15) is 11.6 Å². The summed E-state index contributed by atoms with van der Waals surface area (Å²) in [7, 11) is 0. The Bertz CT molecular complexity index is 1210. The Morgan fingerprint density at radius 2 is 1.71 bits per heavy atom. The lowest BCUT2D eigenvalue weighted by Gasteiger charge is -2.33. The molecule has 0 radical (unpaired) electrons. The molecule has 0 aliphatic heterocycles. The zero-order chi connectivity index (χ0) is 29.9. The molecule has 0 amide bonds. The van der Waals surface area contributed by atoms with Crippen molar-refractivity contribution >= 4 is 22.9 Å². The molecule has 3 atom stereocenters. The molecule has 0 fully saturated rings. The first-order chi connectivity index (χ1) is 19.6. The Hall–Kier alpha value is -2.81. The summed E-state index contributed by atoms with van der Waals surface area (Å²) >= 11 is 0. The standard InChI is InChI=1S/C38H52O3/c1-7-13-32(33(8-2)36(40)22-28(6)39)23-30-24-35-34(21-17-27(5)38(35)37(41)25-30)31-15-12-10-9-11-14-29(19-20-31)18-16-26(3)4/h9-12,17,19-21,26,30,32-33H,7-8,13-16,18,22-25H2,1-6H3/b11-9-,12-10-,29-19+,31-20+. The molecule has 3 rings (SSSR count). The number of hydrogen-bond acceptors (Lipinski definition) is 3. The van der Waals surface area contributed by atoms with Gasteiger partial charge in [-0.15, -0.1) is 0 Å². The molecule has 222 valence electrons. The maximum Gasteiger partial charge on any atom is 0.163 e. The van der Waals surface area contributed by atoms with Crippen LogP contribution in [0, 0.1) is 30.6 Å². The van der Waals surface area contributed by atoms with Crippen molar-refractivity contribution in [1.29, 1.82) is 0 Å². The number of Topliss-reactive ketones (excluding diaryl/α,β-unsaturated/α-hetero) is 3. The van der Waals surface area contributed by atoms with E-state index < -0.39 is 0 Å². The van der Waals surface area contributed by atoms with Crippen LogP contribution in [0.15, 0.2) is 54.2 Å². The van der Waals surface area contributed by atoms with E-state index >= 15 is 0 Å². The third-order valence-corrected chi connectivity index (χ3v) is 8.92. The minimum absolute atomic E-state index is 0.0258. The van der Waals surface area contributed by atoms with Crippen LogP contribution < -0.4 is 0 Å². The molecule has 0 saturated carbocycles. The van der Waals surface area contributed by atoms with Crippen LogP contribution in [-0.2, 0) is 16.0 Å². The van der Waals surface area contributed by atoms with E-state index in [1.54, 1.807) is 0 Å². The van der Waals surface area contributed by atoms with Gasteiger partial charge in [-0.25, -0.2) is 0 Å². The fourth-order valence-electron chi connectivity index (χ4n) is 6.83. The molecule has 41 heavy (non-hydrogen) atoms. The van der Waals surface area contributed by atoms with Gasteiger partial charge in [0.15, 0.2) is 5.78 Å². The first-order valence-electron chi connectivity index (χ1n) is 16.0. The SMILES string of the molecule is CCCC(CC1CC(=O)c2c(C)ccc(/C3=C/C=C(/CCC(C)C)C/C=C\C=C/C3)c2C1)C(CC)C(=O)CC(C)=O. The summed E-state index contributed by atoms with van der Waals surface area (Å²) < 4.78 is 0. The molecular weight excluding hydrogens is 504 g/mol. The monoisotopic (exact) mass is 556 g/mol. The van der Waals surface area contributed by atoms with Crippen molar-refractivity contribution in [1.82, 2.24) is 0 Å². The number of carbonyl (C=O) groups excluding carboxylic acids is 3. The third kappa shape index (κ3) is 9.35. The van der Waals surface area contributed by atoms with Gasteiger partial charge < -0.3 is 0 Å². The fourth-order valence-corrected chi connectivity index (χ4v) is 6.83. The van der Waals surface area contributed by atoms with Crippen LogP contribution in [0.25, 0.3) is 5.57 Å². The molecule has 0 N–H and O–H groups in total. The lowest BCUT2D eigenvalue weighted by molar-refractivity contribution is -0.129. The van der Waals surface area contributed by atoms with Crippen LogP contribution in [0.5, 0.6) is 0 Å². The molecule has 3 unspecified atom stereocenters. The molecule has 2 aliphatic rings. The second-order valence-electron chi connectivity index (χ2n) is 12.8. The van der Waals surface area contributed by atoms with Crippen molar-refractivity contribution in [2.24, 2.45) is 23.7 Å². The summed E-state index contributed by atoms with van der Waals surface area (Å²) in [6, 6.07) is 4.34. The number of fused-ring (bicyclic) bond motifs is 1. The number of aryl methyl sites for hydroxylation is 1. The van der Waals surface area contributed by atoms with Gasteiger partial charge in [0, 0.05) is 17.9 Å². The van der Waals surface area contributed by atoms with Gasteiger partial charge in [-0.05, 0) is 98.8 Å². The minimum atomic E-state index is -0.110. The second kappa shape index (κ2) is 16.0. The Morgan fingerprint density at radius 3 is 2.37 bits per heavy atom. The summed E-state index contributed by atoms with van der Waals surface area (Å²) in [5.41, 5.74) is 7.07. The van der Waals surface area contributed by atoms with E-state index in [0.29, 0.717) is 12.3 Å². The predicted octanol–water partition coefficient (Wildman–Crippen LogP) is 9.77. The molecule has 1 aromatic rings. The summed E-state index contributed by atoms with van der Waals surface area (Å²) in [5, 5.41) is 0. The lowest BCUT2D eigenvalue weighted by atomic mass is 9.71. The topological polar surface area (TPSA) is 51.2 Å². The van der Waals surface area contributed by atoms with Crippen molar-refractivity contribution in [3.8, 4) is 0 Å². The molecule has 0 heterocycles. The smallest absolute Gasteiger partial charge is 0.163 e. The highest BCUT2D eigenvalue weighted by Crippen LogP contribution is 2.39. The molecule has 0 saturated heterocycles. The molecule has 0 spiro atoms. The van der Waals surface area contributed by atoms with Crippen molar-refractivity contribution in [3.63, 3.8) is 0 Å². The van der Waals surface area contributed by atoms with Crippen LogP contribution in [0.3, 0.4) is 0 Å². The number of benzene rings is 1. The highest BCUT2D eigenvalue weighted by atomic mass is 16.1. The average Bonchev–Trinajstić information content (AvgIpc) is 2.91. The van der Waals surface area contributed by atoms with E-state index in [-0.39, 0.29) is 41.5 Å². The van der Waals surface area contributed by atoms with Gasteiger partial charge >= 0.3 is 0 Å². The van der Waals surface area contributed by atoms with Crippen molar-refractivity contribution < 1.29 is 14.4 Å². The molecule has 3 nitrogen and oxygen atoms in total. The number of ketones is 3. The lowest BCUT2D eigenvalue weighted by Crippen LogP contribution is -2.30. The maximum atomic E-state index is 13.7. The van der Waals surface area contributed by atoms with Crippen molar-refractivity contribution in [2.75, 3.05) is 0 Å². The van der Waals surface area contributed by atoms with Gasteiger partial charge in [-0.3, -0.25) is 14.4 Å². The van der Waals surface area contributed by atoms with Gasteiger partial charge in [0.25, 0.3) is 0 Å². The van der Waals surface area contributed by atoms with E-state index in [1.165, 1.54) is 35.6 Å². The summed E-state index contributed by atoms with van der Waals surface area (Å²) in [5.74, 6) is 1.23. The zero-order valence-corrected chi connectivity index (χ0v) is 26.4. The Balaban J connectivity index is 1.96. The highest BCUT2D eigenvalue weighted by Gasteiger charge is 2.34. The number of hydrogen-bond donors (Lipinski definition) is 0. The van der Waals surface area contributed by atoms with Crippen LogP contribution in [0.4, 0.5) is 0 Å². The molecule has 2 aliphatic carbocycles. The molecular formula is C38H52O3. The van der Waals surface area contributed by atoms with Crippen molar-refractivity contribution in [3.05, 3.63) is 76.4 Å². The first-order valence-corrected chi connectivity index (χ1v) is 16.0. The molecule has 3 heteroatoms. The number of carbonyl (C=O) groups is 3. The van der Waals surface area contributed by atoms with E-state index in [1.807, 2.05) is 0 Å². The van der Waals surface area contributed by atoms with Gasteiger partial charge in [0.05, 0.1) is 6.42 Å². The highest BCUT2D eigenvalue weighted by molar-refractivity contribution is 6.01. The minimum Gasteiger partial charge on any atom is -0.300 e. The van der Waals surface area contributed by atoms with E-state index in [2.05, 4.69) is 83.2 Å². The number of allylic oxidation sites excluding steroid dienone is 8. The van der Waals surface area contributed by atoms with Crippen LogP contribution >= 0.6 is 0 Å². The molecule has 0 bridgehead atoms.